The standard InChI is InChI=1S/C15H19N3O2S3/c1-2-11-5-6-13(22-11)12(19)9-21-15-18-17-14(23-15)16-8-10-4-3-7-20-10/h5-6,10H,2-4,7-9H2,1H3,(H,16,17)/t10-/m1/s1. The first-order valence-electron chi connectivity index (χ1n) is 7.68. The number of Topliss-reactive ketones (excluding diaryl/α,β-unsaturated/α-hetero) is 1. The fourth-order valence-electron chi connectivity index (χ4n) is 2.26. The summed E-state index contributed by atoms with van der Waals surface area (Å²) in [6.45, 7) is 3.72. The van der Waals surface area contributed by atoms with Crippen LogP contribution < -0.4 is 5.32 Å². The summed E-state index contributed by atoms with van der Waals surface area (Å²) in [7, 11) is 0. The van der Waals surface area contributed by atoms with Crippen LogP contribution in [0.2, 0.25) is 0 Å². The zero-order valence-corrected chi connectivity index (χ0v) is 15.4. The third-order valence-electron chi connectivity index (χ3n) is 3.52. The van der Waals surface area contributed by atoms with Gasteiger partial charge in [0.25, 0.3) is 0 Å². The Morgan fingerprint density at radius 2 is 2.35 bits per heavy atom. The average molecular weight is 370 g/mol. The second-order valence-electron chi connectivity index (χ2n) is 5.22. The van der Waals surface area contributed by atoms with Crippen molar-refractivity contribution in [2.45, 2.75) is 36.6 Å². The fraction of sp³-hybridized carbons (Fsp3) is 0.533. The normalized spacial score (nSPS) is 17.5. The van der Waals surface area contributed by atoms with Crippen molar-refractivity contribution in [1.29, 1.82) is 0 Å². The number of nitrogens with zero attached hydrogens (tertiary/aromatic N) is 2. The smallest absolute Gasteiger partial charge is 0.206 e. The molecule has 124 valence electrons. The van der Waals surface area contributed by atoms with Crippen molar-refractivity contribution in [2.75, 3.05) is 24.2 Å². The highest BCUT2D eigenvalue weighted by atomic mass is 32.2. The first-order valence-corrected chi connectivity index (χ1v) is 10.3. The van der Waals surface area contributed by atoms with Gasteiger partial charge in [0.2, 0.25) is 5.13 Å². The van der Waals surface area contributed by atoms with E-state index in [1.807, 2.05) is 12.1 Å². The third kappa shape index (κ3) is 4.76. The van der Waals surface area contributed by atoms with E-state index in [4.69, 9.17) is 4.74 Å². The molecule has 8 heteroatoms. The molecule has 0 unspecified atom stereocenters. The summed E-state index contributed by atoms with van der Waals surface area (Å²) >= 11 is 4.52. The summed E-state index contributed by atoms with van der Waals surface area (Å²) < 4.78 is 6.39. The molecule has 0 spiro atoms. The maximum atomic E-state index is 12.2. The van der Waals surface area contributed by atoms with E-state index in [-0.39, 0.29) is 11.9 Å². The Labute approximate surface area is 147 Å². The number of ketones is 1. The van der Waals surface area contributed by atoms with Gasteiger partial charge in [-0.2, -0.15) is 0 Å². The third-order valence-corrected chi connectivity index (χ3v) is 6.81. The van der Waals surface area contributed by atoms with E-state index in [1.54, 1.807) is 11.3 Å². The first-order chi connectivity index (χ1) is 11.2. The molecule has 0 bridgehead atoms. The number of aromatic nitrogens is 2. The van der Waals surface area contributed by atoms with E-state index in [9.17, 15) is 4.79 Å². The number of thiophene rings is 1. The number of rotatable bonds is 8. The summed E-state index contributed by atoms with van der Waals surface area (Å²) in [5, 5.41) is 12.3. The van der Waals surface area contributed by atoms with Gasteiger partial charge in [-0.3, -0.25) is 4.79 Å². The van der Waals surface area contributed by atoms with Crippen LogP contribution in [-0.2, 0) is 11.2 Å². The molecule has 1 fully saturated rings. The molecule has 3 heterocycles. The summed E-state index contributed by atoms with van der Waals surface area (Å²) in [5.41, 5.74) is 0. The molecule has 1 atom stereocenters. The maximum absolute atomic E-state index is 12.2. The van der Waals surface area contributed by atoms with E-state index in [1.165, 1.54) is 28.0 Å². The summed E-state index contributed by atoms with van der Waals surface area (Å²) in [6.07, 6.45) is 3.49. The zero-order valence-electron chi connectivity index (χ0n) is 12.9. The lowest BCUT2D eigenvalue weighted by atomic mass is 10.2. The van der Waals surface area contributed by atoms with Gasteiger partial charge >= 0.3 is 0 Å². The highest BCUT2D eigenvalue weighted by molar-refractivity contribution is 8.01. The van der Waals surface area contributed by atoms with Gasteiger partial charge in [0.05, 0.1) is 16.7 Å². The minimum absolute atomic E-state index is 0.156. The predicted molar refractivity (Wildman–Crippen MR) is 96.1 cm³/mol. The van der Waals surface area contributed by atoms with E-state index < -0.39 is 0 Å². The Morgan fingerprint density at radius 3 is 3.09 bits per heavy atom. The lowest BCUT2D eigenvalue weighted by Gasteiger charge is -2.08. The molecule has 0 aliphatic carbocycles. The lowest BCUT2D eigenvalue weighted by Crippen LogP contribution is -2.18. The molecular weight excluding hydrogens is 350 g/mol. The molecule has 0 radical (unpaired) electrons. The van der Waals surface area contributed by atoms with Gasteiger partial charge in [-0.1, -0.05) is 30.0 Å². The van der Waals surface area contributed by atoms with Crippen LogP contribution >= 0.6 is 34.4 Å². The van der Waals surface area contributed by atoms with Gasteiger partial charge in [0, 0.05) is 18.0 Å². The number of nitrogens with one attached hydrogen (secondary N) is 1. The molecule has 5 nitrogen and oxygen atoms in total. The van der Waals surface area contributed by atoms with Gasteiger partial charge < -0.3 is 10.1 Å². The quantitative estimate of drug-likeness (QED) is 0.565. The van der Waals surface area contributed by atoms with Gasteiger partial charge in [-0.15, -0.1) is 21.5 Å². The molecule has 2 aromatic heterocycles. The van der Waals surface area contributed by atoms with Crippen LogP contribution in [0.5, 0.6) is 0 Å². The van der Waals surface area contributed by atoms with Crippen LogP contribution in [0.3, 0.4) is 0 Å². The molecule has 0 amide bonds. The number of ether oxygens (including phenoxy) is 1. The molecule has 3 rings (SSSR count). The van der Waals surface area contributed by atoms with E-state index in [0.29, 0.717) is 5.75 Å². The van der Waals surface area contributed by atoms with Gasteiger partial charge in [0.1, 0.15) is 0 Å². The van der Waals surface area contributed by atoms with Crippen molar-refractivity contribution in [3.8, 4) is 0 Å². The molecule has 0 aromatic carbocycles. The number of carbonyl (C=O) groups is 1. The highest BCUT2D eigenvalue weighted by Gasteiger charge is 2.16. The number of anilines is 1. The largest absolute Gasteiger partial charge is 0.376 e. The molecule has 2 aromatic rings. The topological polar surface area (TPSA) is 64.1 Å². The molecule has 1 aliphatic rings. The Hall–Kier alpha value is -0.960. The second kappa shape index (κ2) is 8.23. The Morgan fingerprint density at radius 1 is 1.43 bits per heavy atom. The Kier molecular flexibility index (Phi) is 6.04. The summed E-state index contributed by atoms with van der Waals surface area (Å²) in [6, 6.07) is 3.95. The minimum atomic E-state index is 0.156. The van der Waals surface area contributed by atoms with Crippen molar-refractivity contribution in [3.63, 3.8) is 0 Å². The SMILES string of the molecule is CCc1ccc(C(=O)CSc2nnc(NC[C@H]3CCCO3)s2)s1. The molecule has 23 heavy (non-hydrogen) atoms. The number of carbonyl (C=O) groups excluding carboxylic acids is 1. The van der Waals surface area contributed by atoms with Crippen LogP contribution in [0, 0.1) is 0 Å². The number of aryl methyl sites for hydroxylation is 1. The monoisotopic (exact) mass is 369 g/mol. The van der Waals surface area contributed by atoms with Crippen molar-refractivity contribution in [2.24, 2.45) is 0 Å². The lowest BCUT2D eigenvalue weighted by molar-refractivity contribution is 0.102. The molecule has 1 aliphatic heterocycles. The van der Waals surface area contributed by atoms with Crippen LogP contribution in [0.15, 0.2) is 16.5 Å². The number of hydrogen-bond donors (Lipinski definition) is 1. The van der Waals surface area contributed by atoms with Gasteiger partial charge in [-0.25, -0.2) is 0 Å². The molecule has 0 saturated carbocycles. The van der Waals surface area contributed by atoms with Crippen LogP contribution in [0.1, 0.15) is 34.3 Å². The second-order valence-corrected chi connectivity index (χ2v) is 8.59. The molecule has 1 saturated heterocycles. The van der Waals surface area contributed by atoms with Crippen molar-refractivity contribution < 1.29 is 9.53 Å². The van der Waals surface area contributed by atoms with Crippen molar-refractivity contribution >= 4 is 45.4 Å². The number of hydrogen-bond acceptors (Lipinski definition) is 8. The fourth-order valence-corrected chi connectivity index (χ4v) is 4.88. The van der Waals surface area contributed by atoms with Gasteiger partial charge in [-0.05, 0) is 31.4 Å². The maximum Gasteiger partial charge on any atom is 0.206 e. The number of thioether (sulfide) groups is 1. The van der Waals surface area contributed by atoms with E-state index in [2.05, 4.69) is 22.4 Å². The van der Waals surface area contributed by atoms with Crippen LogP contribution in [-0.4, -0.2) is 41.0 Å². The van der Waals surface area contributed by atoms with Crippen molar-refractivity contribution in [1.82, 2.24) is 10.2 Å². The summed E-state index contributed by atoms with van der Waals surface area (Å²) in [4.78, 5) is 14.2. The average Bonchev–Trinajstić information content (AvgIpc) is 3.31. The van der Waals surface area contributed by atoms with E-state index in [0.717, 1.165) is 46.8 Å². The molecular formula is C15H19N3O2S3. The first kappa shape index (κ1) is 16.9. The van der Waals surface area contributed by atoms with Gasteiger partial charge in [0.15, 0.2) is 10.1 Å². The Bertz CT molecular complexity index is 650. The van der Waals surface area contributed by atoms with E-state index >= 15 is 0 Å². The summed E-state index contributed by atoms with van der Waals surface area (Å²) in [5.74, 6) is 0.563. The zero-order chi connectivity index (χ0) is 16.1. The van der Waals surface area contributed by atoms with Crippen molar-refractivity contribution in [3.05, 3.63) is 21.9 Å². The predicted octanol–water partition coefficient (Wildman–Crippen LogP) is 3.73. The minimum Gasteiger partial charge on any atom is -0.376 e. The highest BCUT2D eigenvalue weighted by Crippen LogP contribution is 2.27. The molecule has 1 N–H and O–H groups in total. The van der Waals surface area contributed by atoms with Crippen LogP contribution in [0.25, 0.3) is 0 Å². The van der Waals surface area contributed by atoms with Crippen LogP contribution in [0.4, 0.5) is 5.13 Å². The Balaban J connectivity index is 1.45.